The fourth-order valence-corrected chi connectivity index (χ4v) is 2.91. The Morgan fingerprint density at radius 1 is 1.33 bits per heavy atom. The van der Waals surface area contributed by atoms with Gasteiger partial charge in [0.15, 0.2) is 0 Å². The third-order valence-corrected chi connectivity index (χ3v) is 3.98. The zero-order chi connectivity index (χ0) is 12.4. The molecule has 0 amide bonds. The molecule has 0 saturated carbocycles. The lowest BCUT2D eigenvalue weighted by Gasteiger charge is -2.23. The van der Waals surface area contributed by atoms with Gasteiger partial charge in [-0.1, -0.05) is 29.8 Å². The van der Waals surface area contributed by atoms with Crippen LogP contribution in [0.2, 0.25) is 5.15 Å². The quantitative estimate of drug-likeness (QED) is 0.837. The zero-order valence-electron chi connectivity index (χ0n) is 10.3. The van der Waals surface area contributed by atoms with Crippen LogP contribution in [0.3, 0.4) is 0 Å². The summed E-state index contributed by atoms with van der Waals surface area (Å²) in [6.45, 7) is 2.25. The van der Waals surface area contributed by atoms with Gasteiger partial charge in [-0.2, -0.15) is 0 Å². The molecule has 1 unspecified atom stereocenters. The molecule has 1 atom stereocenters. The average molecular weight is 261 g/mol. The summed E-state index contributed by atoms with van der Waals surface area (Å²) in [6, 6.07) is 10.3. The van der Waals surface area contributed by atoms with Crippen LogP contribution in [-0.2, 0) is 6.42 Å². The Morgan fingerprint density at radius 3 is 3.06 bits per heavy atom. The Morgan fingerprint density at radius 2 is 2.22 bits per heavy atom. The molecule has 2 heterocycles. The number of para-hydroxylation sites is 1. The van der Waals surface area contributed by atoms with E-state index in [2.05, 4.69) is 22.4 Å². The lowest BCUT2D eigenvalue weighted by molar-refractivity contribution is 0.376. The second-order valence-electron chi connectivity index (χ2n) is 5.05. The van der Waals surface area contributed by atoms with Gasteiger partial charge in [0.25, 0.3) is 0 Å². The molecule has 3 rings (SSSR count). The molecule has 1 aromatic heterocycles. The van der Waals surface area contributed by atoms with Crippen LogP contribution in [0.4, 0.5) is 0 Å². The summed E-state index contributed by atoms with van der Waals surface area (Å²) in [7, 11) is 0. The van der Waals surface area contributed by atoms with Gasteiger partial charge < -0.3 is 5.32 Å². The Hall–Kier alpha value is -1.12. The molecule has 2 aromatic rings. The number of aromatic nitrogens is 1. The smallest absolute Gasteiger partial charge is 0.132 e. The van der Waals surface area contributed by atoms with E-state index in [-0.39, 0.29) is 0 Å². The maximum Gasteiger partial charge on any atom is 0.132 e. The maximum atomic E-state index is 6.29. The third kappa shape index (κ3) is 2.50. The van der Waals surface area contributed by atoms with Gasteiger partial charge >= 0.3 is 0 Å². The molecule has 1 N–H and O–H groups in total. The van der Waals surface area contributed by atoms with Crippen molar-refractivity contribution in [1.82, 2.24) is 10.3 Å². The van der Waals surface area contributed by atoms with Crippen molar-refractivity contribution in [3.8, 4) is 0 Å². The molecule has 1 aliphatic heterocycles. The highest BCUT2D eigenvalue weighted by Gasteiger charge is 2.15. The predicted octanol–water partition coefficient (Wildman–Crippen LogP) is 3.43. The van der Waals surface area contributed by atoms with Crippen LogP contribution in [0.25, 0.3) is 10.9 Å². The fraction of sp³-hybridized carbons (Fsp3) is 0.400. The van der Waals surface area contributed by atoms with E-state index < -0.39 is 0 Å². The molecule has 94 valence electrons. The molecular weight excluding hydrogens is 244 g/mol. The standard InChI is InChI=1S/C15H17ClN2/c16-15-13(8-11-4-3-7-17-10-11)9-12-5-1-2-6-14(12)18-15/h1-2,5-6,9,11,17H,3-4,7-8,10H2. The topological polar surface area (TPSA) is 24.9 Å². The van der Waals surface area contributed by atoms with Crippen LogP contribution in [0, 0.1) is 5.92 Å². The van der Waals surface area contributed by atoms with Gasteiger partial charge in [0, 0.05) is 5.39 Å². The highest BCUT2D eigenvalue weighted by atomic mass is 35.5. The van der Waals surface area contributed by atoms with E-state index in [0.29, 0.717) is 11.1 Å². The molecule has 0 bridgehead atoms. The average Bonchev–Trinajstić information content (AvgIpc) is 2.41. The van der Waals surface area contributed by atoms with Crippen molar-refractivity contribution in [1.29, 1.82) is 0 Å². The van der Waals surface area contributed by atoms with Crippen molar-refractivity contribution in [3.63, 3.8) is 0 Å². The molecule has 3 heteroatoms. The molecule has 18 heavy (non-hydrogen) atoms. The Kier molecular flexibility index (Phi) is 3.48. The highest BCUT2D eigenvalue weighted by molar-refractivity contribution is 6.30. The normalized spacial score (nSPS) is 20.2. The van der Waals surface area contributed by atoms with Crippen LogP contribution < -0.4 is 5.32 Å². The van der Waals surface area contributed by atoms with Crippen molar-refractivity contribution >= 4 is 22.5 Å². The summed E-state index contributed by atoms with van der Waals surface area (Å²) in [4.78, 5) is 4.49. The van der Waals surface area contributed by atoms with Crippen molar-refractivity contribution in [2.75, 3.05) is 13.1 Å². The highest BCUT2D eigenvalue weighted by Crippen LogP contribution is 2.24. The summed E-state index contributed by atoms with van der Waals surface area (Å²) < 4.78 is 0. The summed E-state index contributed by atoms with van der Waals surface area (Å²) in [5, 5.41) is 5.30. The van der Waals surface area contributed by atoms with E-state index in [9.17, 15) is 0 Å². The van der Waals surface area contributed by atoms with E-state index in [1.54, 1.807) is 0 Å². The van der Waals surface area contributed by atoms with Gasteiger partial charge in [-0.05, 0) is 56.0 Å². The number of pyridine rings is 1. The number of hydrogen-bond donors (Lipinski definition) is 1. The molecule has 1 aliphatic rings. The van der Waals surface area contributed by atoms with Crippen molar-refractivity contribution in [3.05, 3.63) is 41.0 Å². The second-order valence-corrected chi connectivity index (χ2v) is 5.41. The molecule has 0 radical (unpaired) electrons. The van der Waals surface area contributed by atoms with E-state index in [1.807, 2.05) is 18.2 Å². The fourth-order valence-electron chi connectivity index (χ4n) is 2.69. The van der Waals surface area contributed by atoms with E-state index in [0.717, 1.165) is 25.0 Å². The summed E-state index contributed by atoms with van der Waals surface area (Å²) in [6.07, 6.45) is 3.59. The van der Waals surface area contributed by atoms with E-state index in [1.165, 1.54) is 23.8 Å². The first-order valence-corrected chi connectivity index (χ1v) is 6.95. The molecule has 0 spiro atoms. The van der Waals surface area contributed by atoms with Gasteiger partial charge in [0.05, 0.1) is 5.52 Å². The monoisotopic (exact) mass is 260 g/mol. The van der Waals surface area contributed by atoms with Crippen molar-refractivity contribution < 1.29 is 0 Å². The summed E-state index contributed by atoms with van der Waals surface area (Å²) >= 11 is 6.29. The molecular formula is C15H17ClN2. The first-order valence-electron chi connectivity index (χ1n) is 6.58. The number of fused-ring (bicyclic) bond motifs is 1. The number of nitrogens with one attached hydrogen (secondary N) is 1. The number of benzene rings is 1. The number of piperidine rings is 1. The predicted molar refractivity (Wildman–Crippen MR) is 76.1 cm³/mol. The lowest BCUT2D eigenvalue weighted by atomic mass is 9.92. The van der Waals surface area contributed by atoms with Gasteiger partial charge in [-0.3, -0.25) is 0 Å². The number of hydrogen-bond acceptors (Lipinski definition) is 2. The molecule has 1 fully saturated rings. The minimum atomic E-state index is 0.666. The molecule has 2 nitrogen and oxygen atoms in total. The maximum absolute atomic E-state index is 6.29. The van der Waals surface area contributed by atoms with Gasteiger partial charge in [0.1, 0.15) is 5.15 Å². The third-order valence-electron chi connectivity index (χ3n) is 3.66. The summed E-state index contributed by atoms with van der Waals surface area (Å²) in [5.74, 6) is 0.694. The van der Waals surface area contributed by atoms with Crippen LogP contribution in [-0.4, -0.2) is 18.1 Å². The van der Waals surface area contributed by atoms with Crippen LogP contribution in [0.15, 0.2) is 30.3 Å². The minimum absolute atomic E-state index is 0.666. The number of rotatable bonds is 2. The molecule has 1 saturated heterocycles. The van der Waals surface area contributed by atoms with Gasteiger partial charge in [-0.25, -0.2) is 4.98 Å². The van der Waals surface area contributed by atoms with E-state index >= 15 is 0 Å². The van der Waals surface area contributed by atoms with Crippen molar-refractivity contribution in [2.24, 2.45) is 5.92 Å². The van der Waals surface area contributed by atoms with Crippen LogP contribution in [0.1, 0.15) is 18.4 Å². The Labute approximate surface area is 112 Å². The Bertz CT molecular complexity index is 547. The van der Waals surface area contributed by atoms with E-state index in [4.69, 9.17) is 11.6 Å². The number of nitrogens with zero attached hydrogens (tertiary/aromatic N) is 1. The first kappa shape index (κ1) is 11.9. The summed E-state index contributed by atoms with van der Waals surface area (Å²) in [5.41, 5.74) is 2.16. The SMILES string of the molecule is Clc1nc2ccccc2cc1CC1CCCNC1. The molecule has 1 aromatic carbocycles. The van der Waals surface area contributed by atoms with Crippen molar-refractivity contribution in [2.45, 2.75) is 19.3 Å². The first-order chi connectivity index (χ1) is 8.83. The minimum Gasteiger partial charge on any atom is -0.316 e. The largest absolute Gasteiger partial charge is 0.316 e. The number of halogens is 1. The van der Waals surface area contributed by atoms with Crippen LogP contribution in [0.5, 0.6) is 0 Å². The molecule has 0 aliphatic carbocycles. The second kappa shape index (κ2) is 5.25. The van der Waals surface area contributed by atoms with Crippen LogP contribution >= 0.6 is 11.6 Å². The Balaban J connectivity index is 1.88. The van der Waals surface area contributed by atoms with Gasteiger partial charge in [-0.15, -0.1) is 0 Å². The zero-order valence-corrected chi connectivity index (χ0v) is 11.1. The lowest BCUT2D eigenvalue weighted by Crippen LogP contribution is -2.30. The van der Waals surface area contributed by atoms with Gasteiger partial charge in [0.2, 0.25) is 0 Å².